The number of nitrogens with zero attached hydrogens (tertiary/aromatic N) is 1. The molecule has 0 aliphatic carbocycles. The molecule has 0 atom stereocenters. The second kappa shape index (κ2) is 4.39. The molecule has 1 aromatic heterocycles. The van der Waals surface area contributed by atoms with Crippen molar-refractivity contribution >= 4 is 15.8 Å². The molecule has 100 valence electrons. The number of aromatic carboxylic acids is 1. The van der Waals surface area contributed by atoms with E-state index in [9.17, 15) is 18.3 Å². The summed E-state index contributed by atoms with van der Waals surface area (Å²) in [6, 6.07) is 4.98. The van der Waals surface area contributed by atoms with E-state index in [0.29, 0.717) is 5.56 Å². The fourth-order valence-electron chi connectivity index (χ4n) is 1.50. The summed E-state index contributed by atoms with van der Waals surface area (Å²) in [5, 5.41) is 21.9. The van der Waals surface area contributed by atoms with Crippen LogP contribution in [0.15, 0.2) is 33.7 Å². The Morgan fingerprint density at radius 1 is 1.32 bits per heavy atom. The molecule has 0 bridgehead atoms. The van der Waals surface area contributed by atoms with Crippen molar-refractivity contribution in [3.8, 4) is 17.0 Å². The van der Waals surface area contributed by atoms with Crippen LogP contribution in [0.2, 0.25) is 0 Å². The lowest BCUT2D eigenvalue weighted by molar-refractivity contribution is 0.0652. The summed E-state index contributed by atoms with van der Waals surface area (Å²) in [6.07, 6.45) is 0.973. The fraction of sp³-hybridized carbons (Fsp3) is 0.0909. The zero-order valence-electron chi connectivity index (χ0n) is 9.69. The van der Waals surface area contributed by atoms with Crippen LogP contribution in [-0.2, 0) is 9.84 Å². The van der Waals surface area contributed by atoms with Crippen LogP contribution in [0.4, 0.5) is 0 Å². The molecule has 2 N–H and O–H groups in total. The Labute approximate surface area is 108 Å². The van der Waals surface area contributed by atoms with Gasteiger partial charge in [0, 0.05) is 17.9 Å². The van der Waals surface area contributed by atoms with E-state index in [1.54, 1.807) is 0 Å². The Morgan fingerprint density at radius 3 is 2.47 bits per heavy atom. The number of carboxylic acid groups (broad SMARTS) is 1. The number of phenolic OH excluding ortho intramolecular Hbond substituents is 1. The monoisotopic (exact) mass is 283 g/mol. The molecule has 1 heterocycles. The van der Waals surface area contributed by atoms with E-state index < -0.39 is 21.6 Å². The molecule has 0 fully saturated rings. The SMILES string of the molecule is CS(=O)(=O)c1ccc(-c2cc(C(=O)O)on2)cc1O. The normalized spacial score (nSPS) is 11.4. The number of phenols is 1. The molecule has 0 saturated heterocycles. The van der Waals surface area contributed by atoms with Crippen molar-refractivity contribution in [1.29, 1.82) is 0 Å². The van der Waals surface area contributed by atoms with Crippen molar-refractivity contribution in [2.75, 3.05) is 6.26 Å². The zero-order chi connectivity index (χ0) is 14.2. The van der Waals surface area contributed by atoms with Gasteiger partial charge in [0.2, 0.25) is 5.76 Å². The Kier molecular flexibility index (Phi) is 3.03. The zero-order valence-corrected chi connectivity index (χ0v) is 10.5. The highest BCUT2D eigenvalue weighted by atomic mass is 32.2. The standard InChI is InChI=1S/C11H9NO6S/c1-19(16,17)10-3-2-6(4-8(10)13)7-5-9(11(14)15)18-12-7/h2-5,13H,1H3,(H,14,15). The lowest BCUT2D eigenvalue weighted by Gasteiger charge is -2.03. The summed E-state index contributed by atoms with van der Waals surface area (Å²) in [5.41, 5.74) is 0.536. The maximum atomic E-state index is 11.3. The van der Waals surface area contributed by atoms with Gasteiger partial charge in [0.05, 0.1) is 0 Å². The number of hydrogen-bond acceptors (Lipinski definition) is 6. The van der Waals surface area contributed by atoms with Crippen molar-refractivity contribution in [1.82, 2.24) is 5.16 Å². The largest absolute Gasteiger partial charge is 0.507 e. The van der Waals surface area contributed by atoms with Crippen LogP contribution in [0.5, 0.6) is 5.75 Å². The number of aromatic hydroxyl groups is 1. The number of hydrogen-bond donors (Lipinski definition) is 2. The Hall–Kier alpha value is -2.35. The van der Waals surface area contributed by atoms with E-state index in [4.69, 9.17) is 5.11 Å². The molecule has 2 rings (SSSR count). The maximum absolute atomic E-state index is 11.3. The first kappa shape index (κ1) is 13.1. The highest BCUT2D eigenvalue weighted by Crippen LogP contribution is 2.29. The lowest BCUT2D eigenvalue weighted by Crippen LogP contribution is -1.97. The molecule has 0 spiro atoms. The molecule has 19 heavy (non-hydrogen) atoms. The maximum Gasteiger partial charge on any atom is 0.374 e. The number of benzene rings is 1. The third-order valence-corrected chi connectivity index (χ3v) is 3.52. The number of carbonyl (C=O) groups is 1. The van der Waals surface area contributed by atoms with E-state index in [1.807, 2.05) is 0 Å². The second-order valence-corrected chi connectivity index (χ2v) is 5.82. The van der Waals surface area contributed by atoms with Gasteiger partial charge in [-0.25, -0.2) is 13.2 Å². The van der Waals surface area contributed by atoms with Crippen LogP contribution in [-0.4, -0.2) is 36.0 Å². The van der Waals surface area contributed by atoms with Crippen molar-refractivity contribution in [2.24, 2.45) is 0 Å². The van der Waals surface area contributed by atoms with Crippen molar-refractivity contribution in [2.45, 2.75) is 4.90 Å². The van der Waals surface area contributed by atoms with Gasteiger partial charge in [-0.2, -0.15) is 0 Å². The Bertz CT molecular complexity index is 746. The van der Waals surface area contributed by atoms with Gasteiger partial charge in [-0.05, 0) is 12.1 Å². The molecular formula is C11H9NO6S. The van der Waals surface area contributed by atoms with Gasteiger partial charge >= 0.3 is 5.97 Å². The first-order chi connectivity index (χ1) is 8.79. The molecule has 0 amide bonds. The predicted molar refractivity (Wildman–Crippen MR) is 63.7 cm³/mol. The van der Waals surface area contributed by atoms with Gasteiger partial charge in [0.25, 0.3) is 0 Å². The average Bonchev–Trinajstić information content (AvgIpc) is 2.76. The molecular weight excluding hydrogens is 274 g/mol. The van der Waals surface area contributed by atoms with Crippen LogP contribution in [0.1, 0.15) is 10.6 Å². The van der Waals surface area contributed by atoms with Gasteiger partial charge in [0.15, 0.2) is 9.84 Å². The van der Waals surface area contributed by atoms with Crippen molar-refractivity contribution in [3.05, 3.63) is 30.0 Å². The van der Waals surface area contributed by atoms with Crippen LogP contribution < -0.4 is 0 Å². The fourth-order valence-corrected chi connectivity index (χ4v) is 2.26. The summed E-state index contributed by atoms with van der Waals surface area (Å²) >= 11 is 0. The second-order valence-electron chi connectivity index (χ2n) is 3.84. The van der Waals surface area contributed by atoms with Gasteiger partial charge in [0.1, 0.15) is 16.3 Å². The van der Waals surface area contributed by atoms with Gasteiger partial charge in [-0.3, -0.25) is 0 Å². The summed E-state index contributed by atoms with van der Waals surface area (Å²) in [4.78, 5) is 10.4. The van der Waals surface area contributed by atoms with Crippen molar-refractivity contribution < 1.29 is 27.9 Å². The topological polar surface area (TPSA) is 118 Å². The summed E-state index contributed by atoms with van der Waals surface area (Å²) in [7, 11) is -3.53. The van der Waals surface area contributed by atoms with Gasteiger partial charge in [-0.15, -0.1) is 0 Å². The van der Waals surface area contributed by atoms with Crippen LogP contribution in [0.3, 0.4) is 0 Å². The van der Waals surface area contributed by atoms with E-state index in [-0.39, 0.29) is 16.3 Å². The summed E-state index contributed by atoms with van der Waals surface area (Å²) < 4.78 is 27.2. The number of aromatic nitrogens is 1. The molecule has 2 aromatic rings. The molecule has 0 unspecified atom stereocenters. The third-order valence-electron chi connectivity index (χ3n) is 2.38. The molecule has 0 saturated carbocycles. The molecule has 7 nitrogen and oxygen atoms in total. The lowest BCUT2D eigenvalue weighted by atomic mass is 10.1. The van der Waals surface area contributed by atoms with Crippen LogP contribution >= 0.6 is 0 Å². The van der Waals surface area contributed by atoms with E-state index in [0.717, 1.165) is 6.26 Å². The highest BCUT2D eigenvalue weighted by molar-refractivity contribution is 7.90. The molecule has 0 radical (unpaired) electrons. The molecule has 8 heteroatoms. The highest BCUT2D eigenvalue weighted by Gasteiger charge is 2.16. The number of rotatable bonds is 3. The molecule has 0 aliphatic heterocycles. The number of carboxylic acids is 1. The quantitative estimate of drug-likeness (QED) is 0.867. The average molecular weight is 283 g/mol. The van der Waals surface area contributed by atoms with Crippen LogP contribution in [0, 0.1) is 0 Å². The molecule has 0 aliphatic rings. The third kappa shape index (κ3) is 2.58. The van der Waals surface area contributed by atoms with Crippen LogP contribution in [0.25, 0.3) is 11.3 Å². The van der Waals surface area contributed by atoms with Gasteiger partial charge < -0.3 is 14.7 Å². The minimum absolute atomic E-state index is 0.188. The minimum atomic E-state index is -3.53. The summed E-state index contributed by atoms with van der Waals surface area (Å²) in [6.45, 7) is 0. The van der Waals surface area contributed by atoms with Gasteiger partial charge in [-0.1, -0.05) is 11.2 Å². The minimum Gasteiger partial charge on any atom is -0.507 e. The Balaban J connectivity index is 2.47. The first-order valence-corrected chi connectivity index (χ1v) is 6.91. The van der Waals surface area contributed by atoms with Crippen molar-refractivity contribution in [3.63, 3.8) is 0 Å². The smallest absolute Gasteiger partial charge is 0.374 e. The first-order valence-electron chi connectivity index (χ1n) is 5.02. The predicted octanol–water partition coefficient (Wildman–Crippen LogP) is 1.15. The van der Waals surface area contributed by atoms with E-state index in [2.05, 4.69) is 9.68 Å². The molecule has 1 aromatic carbocycles. The summed E-state index contributed by atoms with van der Waals surface area (Å²) in [5.74, 6) is -2.04. The Morgan fingerprint density at radius 2 is 2.00 bits per heavy atom. The van der Waals surface area contributed by atoms with E-state index >= 15 is 0 Å². The number of sulfone groups is 1. The van der Waals surface area contributed by atoms with E-state index in [1.165, 1.54) is 24.3 Å².